The summed E-state index contributed by atoms with van der Waals surface area (Å²) in [7, 11) is 1.45. The molecule has 0 aromatic carbocycles. The highest BCUT2D eigenvalue weighted by Crippen LogP contribution is 2.09. The smallest absolute Gasteiger partial charge is 0.326 e. The van der Waals surface area contributed by atoms with E-state index in [2.05, 4.69) is 0 Å². The molecule has 0 aromatic heterocycles. The molecule has 5 nitrogen and oxygen atoms in total. The largest absolute Gasteiger partial charge is 0.480 e. The number of carbonyl (C=O) groups is 2. The van der Waals surface area contributed by atoms with Crippen LogP contribution >= 0.6 is 0 Å². The Labute approximate surface area is 77.5 Å². The van der Waals surface area contributed by atoms with E-state index in [0.717, 1.165) is 0 Å². The van der Waals surface area contributed by atoms with Crippen molar-refractivity contribution in [3.63, 3.8) is 0 Å². The predicted molar refractivity (Wildman–Crippen MR) is 48.1 cm³/mol. The lowest BCUT2D eigenvalue weighted by Gasteiger charge is -2.27. The van der Waals surface area contributed by atoms with Crippen LogP contribution in [-0.2, 0) is 9.59 Å². The number of aliphatic carboxylic acids is 1. The van der Waals surface area contributed by atoms with E-state index in [1.54, 1.807) is 13.8 Å². The lowest BCUT2D eigenvalue weighted by molar-refractivity contribution is -0.150. The fourth-order valence-corrected chi connectivity index (χ4v) is 1.20. The zero-order valence-electron chi connectivity index (χ0n) is 8.15. The number of rotatable bonds is 4. The molecule has 0 radical (unpaired) electrons. The maximum atomic E-state index is 11.1. The van der Waals surface area contributed by atoms with Crippen LogP contribution in [0, 0.1) is 5.92 Å². The van der Waals surface area contributed by atoms with E-state index in [0.29, 0.717) is 0 Å². The van der Waals surface area contributed by atoms with Gasteiger partial charge >= 0.3 is 5.97 Å². The van der Waals surface area contributed by atoms with Gasteiger partial charge in [-0.2, -0.15) is 0 Å². The van der Waals surface area contributed by atoms with E-state index in [9.17, 15) is 9.59 Å². The van der Waals surface area contributed by atoms with Crippen LogP contribution in [0.4, 0.5) is 0 Å². The van der Waals surface area contributed by atoms with Crippen LogP contribution in [0.1, 0.15) is 13.8 Å². The third kappa shape index (κ3) is 3.02. The van der Waals surface area contributed by atoms with Gasteiger partial charge in [0.25, 0.3) is 0 Å². The molecule has 1 atom stereocenters. The van der Waals surface area contributed by atoms with E-state index in [1.165, 1.54) is 11.9 Å². The number of likely N-dealkylation sites (N-methyl/N-ethyl adjacent to an activating group) is 1. The molecule has 3 N–H and O–H groups in total. The van der Waals surface area contributed by atoms with Gasteiger partial charge in [-0.1, -0.05) is 13.8 Å². The summed E-state index contributed by atoms with van der Waals surface area (Å²) in [4.78, 5) is 23.0. The van der Waals surface area contributed by atoms with E-state index in [-0.39, 0.29) is 18.4 Å². The van der Waals surface area contributed by atoms with E-state index >= 15 is 0 Å². The second kappa shape index (κ2) is 4.81. The fourth-order valence-electron chi connectivity index (χ4n) is 1.20. The van der Waals surface area contributed by atoms with Gasteiger partial charge in [0.15, 0.2) is 0 Å². The Kier molecular flexibility index (Phi) is 4.40. The standard InChI is InChI=1S/C8H16N2O3/c1-5(2)7(8(12)13)10(3)6(11)4-9/h5,7H,4,9H2,1-3H3,(H,12,13)/t7-/m1/s1. The second-order valence-corrected chi connectivity index (χ2v) is 3.24. The molecule has 76 valence electrons. The molecule has 0 rings (SSSR count). The van der Waals surface area contributed by atoms with Gasteiger partial charge in [0.05, 0.1) is 6.54 Å². The van der Waals surface area contributed by atoms with Gasteiger partial charge in [0.2, 0.25) is 5.91 Å². The SMILES string of the molecule is CC(C)[C@H](C(=O)O)N(C)C(=O)CN. The number of hydrogen-bond acceptors (Lipinski definition) is 3. The van der Waals surface area contributed by atoms with Crippen molar-refractivity contribution in [3.05, 3.63) is 0 Å². The van der Waals surface area contributed by atoms with Crippen molar-refractivity contribution in [2.45, 2.75) is 19.9 Å². The third-order valence-corrected chi connectivity index (χ3v) is 1.87. The molecule has 13 heavy (non-hydrogen) atoms. The third-order valence-electron chi connectivity index (χ3n) is 1.87. The predicted octanol–water partition coefficient (Wildman–Crippen LogP) is -0.487. The Hall–Kier alpha value is -1.10. The number of hydrogen-bond donors (Lipinski definition) is 2. The number of carboxylic acid groups (broad SMARTS) is 1. The van der Waals surface area contributed by atoms with Crippen LogP contribution in [0.5, 0.6) is 0 Å². The maximum absolute atomic E-state index is 11.1. The van der Waals surface area contributed by atoms with Gasteiger partial charge in [-0.25, -0.2) is 4.79 Å². The van der Waals surface area contributed by atoms with Gasteiger partial charge in [0, 0.05) is 7.05 Å². The van der Waals surface area contributed by atoms with Crippen molar-refractivity contribution in [2.75, 3.05) is 13.6 Å². The van der Waals surface area contributed by atoms with Crippen molar-refractivity contribution in [1.29, 1.82) is 0 Å². The Morgan fingerprint density at radius 1 is 1.46 bits per heavy atom. The average Bonchev–Trinajstić information content (AvgIpc) is 2.01. The van der Waals surface area contributed by atoms with Crippen LogP contribution in [0.25, 0.3) is 0 Å². The zero-order valence-corrected chi connectivity index (χ0v) is 8.15. The first-order valence-electron chi connectivity index (χ1n) is 4.10. The Balaban J connectivity index is 4.55. The number of carbonyl (C=O) groups excluding carboxylic acids is 1. The van der Waals surface area contributed by atoms with Crippen LogP contribution < -0.4 is 5.73 Å². The molecular weight excluding hydrogens is 172 g/mol. The van der Waals surface area contributed by atoms with Crippen molar-refractivity contribution in [3.8, 4) is 0 Å². The highest BCUT2D eigenvalue weighted by Gasteiger charge is 2.28. The van der Waals surface area contributed by atoms with Crippen LogP contribution in [-0.4, -0.2) is 41.5 Å². The van der Waals surface area contributed by atoms with Crippen LogP contribution in [0.2, 0.25) is 0 Å². The monoisotopic (exact) mass is 188 g/mol. The van der Waals surface area contributed by atoms with E-state index in [4.69, 9.17) is 10.8 Å². The van der Waals surface area contributed by atoms with Crippen molar-refractivity contribution in [2.24, 2.45) is 11.7 Å². The molecule has 0 aliphatic carbocycles. The molecule has 0 bridgehead atoms. The first kappa shape index (κ1) is 11.9. The van der Waals surface area contributed by atoms with Gasteiger partial charge < -0.3 is 15.7 Å². The van der Waals surface area contributed by atoms with Gasteiger partial charge in [-0.3, -0.25) is 4.79 Å². The summed E-state index contributed by atoms with van der Waals surface area (Å²) >= 11 is 0. The van der Waals surface area contributed by atoms with Crippen molar-refractivity contribution >= 4 is 11.9 Å². The molecular formula is C8H16N2O3. The number of nitrogens with zero attached hydrogens (tertiary/aromatic N) is 1. The summed E-state index contributed by atoms with van der Waals surface area (Å²) in [6.07, 6.45) is 0. The quantitative estimate of drug-likeness (QED) is 0.623. The lowest BCUT2D eigenvalue weighted by atomic mass is 10.0. The number of amides is 1. The summed E-state index contributed by atoms with van der Waals surface area (Å²) in [6.45, 7) is 3.34. The summed E-state index contributed by atoms with van der Waals surface area (Å²) in [5.41, 5.74) is 5.13. The highest BCUT2D eigenvalue weighted by molar-refractivity contribution is 5.84. The zero-order chi connectivity index (χ0) is 10.6. The minimum Gasteiger partial charge on any atom is -0.480 e. The first-order chi connectivity index (χ1) is 5.91. The molecule has 0 unspecified atom stereocenters. The molecule has 1 amide bonds. The molecule has 0 aliphatic rings. The summed E-state index contributed by atoms with van der Waals surface area (Å²) in [5, 5.41) is 8.82. The molecule has 0 heterocycles. The number of carboxylic acids is 1. The van der Waals surface area contributed by atoms with Gasteiger partial charge in [0.1, 0.15) is 6.04 Å². The molecule has 5 heteroatoms. The fraction of sp³-hybridized carbons (Fsp3) is 0.750. The average molecular weight is 188 g/mol. The van der Waals surface area contributed by atoms with E-state index < -0.39 is 12.0 Å². The summed E-state index contributed by atoms with van der Waals surface area (Å²) in [5.74, 6) is -1.49. The van der Waals surface area contributed by atoms with Crippen LogP contribution in [0.3, 0.4) is 0 Å². The topological polar surface area (TPSA) is 83.6 Å². The molecule has 0 saturated carbocycles. The molecule has 0 saturated heterocycles. The van der Waals surface area contributed by atoms with E-state index in [1.807, 2.05) is 0 Å². The summed E-state index contributed by atoms with van der Waals surface area (Å²) < 4.78 is 0. The second-order valence-electron chi connectivity index (χ2n) is 3.24. The minimum atomic E-state index is -1.00. The summed E-state index contributed by atoms with van der Waals surface area (Å²) in [6, 6.07) is -0.795. The Bertz CT molecular complexity index is 204. The van der Waals surface area contributed by atoms with Crippen molar-refractivity contribution < 1.29 is 14.7 Å². The normalized spacial score (nSPS) is 12.7. The maximum Gasteiger partial charge on any atom is 0.326 e. The first-order valence-corrected chi connectivity index (χ1v) is 4.10. The lowest BCUT2D eigenvalue weighted by Crippen LogP contribution is -2.47. The van der Waals surface area contributed by atoms with Gasteiger partial charge in [-0.05, 0) is 5.92 Å². The molecule has 0 spiro atoms. The molecule has 0 fully saturated rings. The van der Waals surface area contributed by atoms with Gasteiger partial charge in [-0.15, -0.1) is 0 Å². The van der Waals surface area contributed by atoms with Crippen molar-refractivity contribution in [1.82, 2.24) is 4.90 Å². The highest BCUT2D eigenvalue weighted by atomic mass is 16.4. The van der Waals surface area contributed by atoms with Crippen LogP contribution in [0.15, 0.2) is 0 Å². The minimum absolute atomic E-state index is 0.127. The molecule has 0 aliphatic heterocycles. The molecule has 0 aromatic rings. The Morgan fingerprint density at radius 2 is 1.92 bits per heavy atom. The number of nitrogens with two attached hydrogens (primary N) is 1. The Morgan fingerprint density at radius 3 is 2.15 bits per heavy atom.